The summed E-state index contributed by atoms with van der Waals surface area (Å²) in [5.74, 6) is -3.31. The highest BCUT2D eigenvalue weighted by molar-refractivity contribution is 6.04. The van der Waals surface area contributed by atoms with Gasteiger partial charge in [-0.3, -0.25) is 0 Å². The first-order valence-corrected chi connectivity index (χ1v) is 9.07. The number of dihydropyridines is 1. The SMILES string of the molecule is CCOC(=O)C1=C(C)NC(/C=N\O)=C(C(=O)OCC)C1c1ccccc1C(F)(F)F. The smallest absolute Gasteiger partial charge is 0.416 e. The van der Waals surface area contributed by atoms with Gasteiger partial charge in [-0.1, -0.05) is 23.4 Å². The summed E-state index contributed by atoms with van der Waals surface area (Å²) in [6.07, 6.45) is -3.89. The molecule has 0 aliphatic carbocycles. The molecule has 0 saturated heterocycles. The standard InChI is InChI=1S/C20H21F3N2O5/c1-4-29-18(26)15-11(3)25-14(10-24-28)17(19(27)30-5-2)16(15)12-8-6-7-9-13(12)20(21,22)23/h6-10,16,25,28H,4-5H2,1-3H3/b24-10-. The molecule has 1 aliphatic heterocycles. The number of nitrogens with zero attached hydrogens (tertiary/aromatic N) is 1. The first kappa shape index (κ1) is 23.0. The van der Waals surface area contributed by atoms with Crippen LogP contribution in [0.5, 0.6) is 0 Å². The zero-order valence-electron chi connectivity index (χ0n) is 16.5. The zero-order chi connectivity index (χ0) is 22.5. The molecule has 2 N–H and O–H groups in total. The van der Waals surface area contributed by atoms with Gasteiger partial charge in [0.25, 0.3) is 0 Å². The predicted molar refractivity (Wildman–Crippen MR) is 101 cm³/mol. The monoisotopic (exact) mass is 426 g/mol. The van der Waals surface area contributed by atoms with Gasteiger partial charge in [-0.05, 0) is 32.4 Å². The Hall–Kier alpha value is -3.30. The Morgan fingerprint density at radius 3 is 2.23 bits per heavy atom. The highest BCUT2D eigenvalue weighted by Gasteiger charge is 2.43. The van der Waals surface area contributed by atoms with Crippen LogP contribution in [0.15, 0.2) is 52.0 Å². The average molecular weight is 426 g/mol. The third-order valence-corrected chi connectivity index (χ3v) is 4.35. The second-order valence-corrected chi connectivity index (χ2v) is 6.19. The maximum absolute atomic E-state index is 13.8. The molecule has 1 heterocycles. The quantitative estimate of drug-likeness (QED) is 0.313. The van der Waals surface area contributed by atoms with E-state index >= 15 is 0 Å². The molecule has 0 amide bonds. The van der Waals surface area contributed by atoms with Crippen LogP contribution in [0.3, 0.4) is 0 Å². The molecule has 0 aromatic heterocycles. The van der Waals surface area contributed by atoms with Gasteiger partial charge in [-0.2, -0.15) is 13.2 Å². The van der Waals surface area contributed by atoms with Crippen molar-refractivity contribution in [3.05, 3.63) is 57.9 Å². The fraction of sp³-hybridized carbons (Fsp3) is 0.350. The van der Waals surface area contributed by atoms with Gasteiger partial charge in [0.1, 0.15) is 0 Å². The summed E-state index contributed by atoms with van der Waals surface area (Å²) < 4.78 is 51.3. The van der Waals surface area contributed by atoms with Crippen molar-refractivity contribution in [2.75, 3.05) is 13.2 Å². The minimum absolute atomic E-state index is 0.0212. The van der Waals surface area contributed by atoms with Crippen molar-refractivity contribution in [2.24, 2.45) is 5.16 Å². The minimum Gasteiger partial charge on any atom is -0.463 e. The van der Waals surface area contributed by atoms with Crippen molar-refractivity contribution >= 4 is 18.2 Å². The van der Waals surface area contributed by atoms with E-state index in [0.29, 0.717) is 0 Å². The van der Waals surface area contributed by atoms with Gasteiger partial charge in [0.05, 0.1) is 47.8 Å². The van der Waals surface area contributed by atoms with Gasteiger partial charge in [0, 0.05) is 5.70 Å². The zero-order valence-corrected chi connectivity index (χ0v) is 16.5. The summed E-state index contributed by atoms with van der Waals surface area (Å²) in [6.45, 7) is 4.45. The number of halogens is 3. The lowest BCUT2D eigenvalue weighted by molar-refractivity contribution is -0.142. The largest absolute Gasteiger partial charge is 0.463 e. The van der Waals surface area contributed by atoms with Gasteiger partial charge in [0.2, 0.25) is 0 Å². The van der Waals surface area contributed by atoms with E-state index in [1.54, 1.807) is 6.92 Å². The van der Waals surface area contributed by atoms with E-state index in [-0.39, 0.29) is 41.3 Å². The van der Waals surface area contributed by atoms with Crippen LogP contribution >= 0.6 is 0 Å². The summed E-state index contributed by atoms with van der Waals surface area (Å²) in [4.78, 5) is 25.4. The third kappa shape index (κ3) is 4.64. The Bertz CT molecular complexity index is 919. The van der Waals surface area contributed by atoms with E-state index in [1.165, 1.54) is 32.0 Å². The fourth-order valence-electron chi connectivity index (χ4n) is 3.25. The molecule has 1 atom stereocenters. The van der Waals surface area contributed by atoms with E-state index in [9.17, 15) is 22.8 Å². The Morgan fingerprint density at radius 2 is 1.70 bits per heavy atom. The van der Waals surface area contributed by atoms with Gasteiger partial charge < -0.3 is 20.0 Å². The van der Waals surface area contributed by atoms with Crippen LogP contribution in [0.25, 0.3) is 0 Å². The molecule has 0 radical (unpaired) electrons. The van der Waals surface area contributed by atoms with E-state index in [0.717, 1.165) is 12.3 Å². The molecule has 10 heteroatoms. The topological polar surface area (TPSA) is 97.2 Å². The van der Waals surface area contributed by atoms with Crippen molar-refractivity contribution < 1.29 is 37.4 Å². The van der Waals surface area contributed by atoms with Crippen molar-refractivity contribution in [1.82, 2.24) is 5.32 Å². The Balaban J connectivity index is 2.88. The lowest BCUT2D eigenvalue weighted by Gasteiger charge is -2.31. The molecule has 0 bridgehead atoms. The number of carbonyl (C=O) groups is 2. The molecule has 2 rings (SSSR count). The highest BCUT2D eigenvalue weighted by Crippen LogP contribution is 2.44. The fourth-order valence-corrected chi connectivity index (χ4v) is 3.25. The summed E-state index contributed by atoms with van der Waals surface area (Å²) in [5.41, 5.74) is -1.78. The van der Waals surface area contributed by atoms with Crippen molar-refractivity contribution in [3.63, 3.8) is 0 Å². The molecule has 30 heavy (non-hydrogen) atoms. The minimum atomic E-state index is -4.75. The molecule has 1 aromatic rings. The number of rotatable bonds is 6. The van der Waals surface area contributed by atoms with Gasteiger partial charge >= 0.3 is 18.1 Å². The highest BCUT2D eigenvalue weighted by atomic mass is 19.4. The van der Waals surface area contributed by atoms with Crippen LogP contribution < -0.4 is 5.32 Å². The molecule has 1 unspecified atom stereocenters. The van der Waals surface area contributed by atoms with Crippen LogP contribution in [-0.4, -0.2) is 36.6 Å². The second-order valence-electron chi connectivity index (χ2n) is 6.19. The number of carbonyl (C=O) groups excluding carboxylic acids is 2. The number of allylic oxidation sites excluding steroid dienone is 2. The van der Waals surface area contributed by atoms with Crippen LogP contribution in [-0.2, 0) is 25.2 Å². The molecule has 7 nitrogen and oxygen atoms in total. The number of oxime groups is 1. The van der Waals surface area contributed by atoms with Crippen molar-refractivity contribution in [3.8, 4) is 0 Å². The maximum atomic E-state index is 13.8. The van der Waals surface area contributed by atoms with Crippen LogP contribution in [0.4, 0.5) is 13.2 Å². The summed E-state index contributed by atoms with van der Waals surface area (Å²) in [5, 5.41) is 14.6. The number of hydrogen-bond acceptors (Lipinski definition) is 7. The van der Waals surface area contributed by atoms with E-state index < -0.39 is 29.6 Å². The lowest BCUT2D eigenvalue weighted by atomic mass is 9.78. The van der Waals surface area contributed by atoms with Crippen LogP contribution in [0.1, 0.15) is 37.8 Å². The van der Waals surface area contributed by atoms with E-state index in [4.69, 9.17) is 14.7 Å². The first-order valence-electron chi connectivity index (χ1n) is 9.07. The van der Waals surface area contributed by atoms with Crippen molar-refractivity contribution in [1.29, 1.82) is 0 Å². The van der Waals surface area contributed by atoms with Crippen LogP contribution in [0.2, 0.25) is 0 Å². The molecule has 1 aliphatic rings. The Labute approximate surface area is 170 Å². The number of benzene rings is 1. The van der Waals surface area contributed by atoms with Crippen molar-refractivity contribution in [2.45, 2.75) is 32.9 Å². The Morgan fingerprint density at radius 1 is 1.13 bits per heavy atom. The van der Waals surface area contributed by atoms with Gasteiger partial charge in [-0.25, -0.2) is 9.59 Å². The second kappa shape index (κ2) is 9.47. The van der Waals surface area contributed by atoms with Gasteiger partial charge in [-0.15, -0.1) is 0 Å². The molecular weight excluding hydrogens is 405 g/mol. The normalized spacial score (nSPS) is 17.2. The summed E-state index contributed by atoms with van der Waals surface area (Å²) >= 11 is 0. The molecule has 1 aromatic carbocycles. The molecule has 162 valence electrons. The Kier molecular flexibility index (Phi) is 7.25. The third-order valence-electron chi connectivity index (χ3n) is 4.35. The first-order chi connectivity index (χ1) is 14.2. The molecule has 0 saturated carbocycles. The number of ether oxygens (including phenoxy) is 2. The number of esters is 2. The van der Waals surface area contributed by atoms with Gasteiger partial charge in [0.15, 0.2) is 0 Å². The molecular formula is C20H21F3N2O5. The van der Waals surface area contributed by atoms with E-state index in [1.807, 2.05) is 0 Å². The number of nitrogens with one attached hydrogen (secondary N) is 1. The van der Waals surface area contributed by atoms with E-state index in [2.05, 4.69) is 10.5 Å². The molecule has 0 spiro atoms. The average Bonchev–Trinajstić information content (AvgIpc) is 2.67. The summed E-state index contributed by atoms with van der Waals surface area (Å²) in [6, 6.07) is 4.61. The maximum Gasteiger partial charge on any atom is 0.416 e. The number of hydrogen-bond donors (Lipinski definition) is 2. The lowest BCUT2D eigenvalue weighted by Crippen LogP contribution is -2.34. The van der Waals surface area contributed by atoms with Crippen LogP contribution in [0, 0.1) is 0 Å². The summed E-state index contributed by atoms with van der Waals surface area (Å²) in [7, 11) is 0. The molecule has 0 fully saturated rings. The predicted octanol–water partition coefficient (Wildman–Crippen LogP) is 3.51. The number of alkyl halides is 3.